The lowest BCUT2D eigenvalue weighted by molar-refractivity contribution is -0.384. The van der Waals surface area contributed by atoms with Gasteiger partial charge in [0.15, 0.2) is 5.82 Å². The highest BCUT2D eigenvalue weighted by Gasteiger charge is 2.28. The molecule has 1 fully saturated rings. The summed E-state index contributed by atoms with van der Waals surface area (Å²) in [6.45, 7) is 1.36. The maximum atomic E-state index is 13.4. The zero-order chi connectivity index (χ0) is 11.9. The van der Waals surface area contributed by atoms with Crippen molar-refractivity contribution in [1.29, 1.82) is 0 Å². The van der Waals surface area contributed by atoms with Crippen LogP contribution in [0.1, 0.15) is 18.4 Å². The van der Waals surface area contributed by atoms with E-state index in [9.17, 15) is 14.5 Å². The molecule has 1 N–H and O–H groups in total. The molecule has 1 aliphatic carbocycles. The van der Waals surface area contributed by atoms with Crippen LogP contribution in [0.3, 0.4) is 0 Å². The first-order chi connectivity index (χ1) is 7.50. The lowest BCUT2D eigenvalue weighted by Gasteiger charge is -2.09. The highest BCUT2D eigenvalue weighted by atomic mass is 35.5. The van der Waals surface area contributed by atoms with Gasteiger partial charge in [0.1, 0.15) is 5.69 Å². The van der Waals surface area contributed by atoms with Crippen LogP contribution in [0.15, 0.2) is 6.07 Å². The summed E-state index contributed by atoms with van der Waals surface area (Å²) in [6.07, 6.45) is 1.95. The summed E-state index contributed by atoms with van der Waals surface area (Å²) >= 11 is 5.66. The van der Waals surface area contributed by atoms with Crippen LogP contribution in [0.4, 0.5) is 15.8 Å². The summed E-state index contributed by atoms with van der Waals surface area (Å²) in [6, 6.07) is 1.53. The van der Waals surface area contributed by atoms with Crippen LogP contribution in [-0.2, 0) is 0 Å². The molecule has 16 heavy (non-hydrogen) atoms. The number of benzene rings is 1. The van der Waals surface area contributed by atoms with Crippen molar-refractivity contribution >= 4 is 23.0 Å². The van der Waals surface area contributed by atoms with E-state index in [4.69, 9.17) is 11.6 Å². The van der Waals surface area contributed by atoms with Gasteiger partial charge in [-0.25, -0.2) is 4.39 Å². The van der Waals surface area contributed by atoms with E-state index >= 15 is 0 Å². The summed E-state index contributed by atoms with van der Waals surface area (Å²) < 4.78 is 13.4. The van der Waals surface area contributed by atoms with Gasteiger partial charge in [-0.05, 0) is 25.8 Å². The lowest BCUT2D eigenvalue weighted by Crippen LogP contribution is -2.06. The molecule has 0 aromatic heterocycles. The molecular formula is C10H10ClFN2O2. The summed E-state index contributed by atoms with van der Waals surface area (Å²) in [5.74, 6) is -0.727. The minimum absolute atomic E-state index is 0.0272. The Morgan fingerprint density at radius 2 is 2.25 bits per heavy atom. The van der Waals surface area contributed by atoms with Gasteiger partial charge < -0.3 is 5.32 Å². The van der Waals surface area contributed by atoms with Gasteiger partial charge in [0.05, 0.1) is 15.5 Å². The second kappa shape index (κ2) is 3.90. The van der Waals surface area contributed by atoms with Crippen LogP contribution in [0.5, 0.6) is 0 Å². The van der Waals surface area contributed by atoms with Crippen LogP contribution < -0.4 is 5.32 Å². The highest BCUT2D eigenvalue weighted by Crippen LogP contribution is 2.37. The van der Waals surface area contributed by atoms with Gasteiger partial charge in [0.2, 0.25) is 0 Å². The van der Waals surface area contributed by atoms with Crippen LogP contribution in [0.2, 0.25) is 5.02 Å². The van der Waals surface area contributed by atoms with Gasteiger partial charge in [-0.3, -0.25) is 10.1 Å². The van der Waals surface area contributed by atoms with Crippen LogP contribution >= 0.6 is 11.6 Å². The molecule has 0 saturated heterocycles. The Morgan fingerprint density at radius 3 is 2.75 bits per heavy atom. The Balaban J connectivity index is 2.51. The third-order valence-electron chi connectivity index (χ3n) is 2.54. The third kappa shape index (κ3) is 1.95. The number of hydrogen-bond donors (Lipinski definition) is 1. The molecule has 1 aliphatic rings. The first kappa shape index (κ1) is 11.1. The van der Waals surface area contributed by atoms with Gasteiger partial charge in [0, 0.05) is 6.04 Å². The van der Waals surface area contributed by atoms with Crippen molar-refractivity contribution < 1.29 is 9.31 Å². The molecule has 1 aromatic carbocycles. The highest BCUT2D eigenvalue weighted by molar-refractivity contribution is 6.31. The van der Waals surface area contributed by atoms with Crippen molar-refractivity contribution in [2.24, 2.45) is 0 Å². The minimum atomic E-state index is -0.727. The average Bonchev–Trinajstić information content (AvgIpc) is 2.97. The number of anilines is 1. The minimum Gasteiger partial charge on any atom is -0.377 e. The molecule has 0 radical (unpaired) electrons. The predicted molar refractivity (Wildman–Crippen MR) is 59.4 cm³/mol. The number of nitrogens with zero attached hydrogens (tertiary/aromatic N) is 1. The molecule has 0 bridgehead atoms. The van der Waals surface area contributed by atoms with Crippen molar-refractivity contribution in [3.8, 4) is 0 Å². The number of hydrogen-bond acceptors (Lipinski definition) is 3. The number of halogens is 2. The molecule has 0 amide bonds. The van der Waals surface area contributed by atoms with E-state index in [1.165, 1.54) is 13.0 Å². The molecule has 0 aliphatic heterocycles. The van der Waals surface area contributed by atoms with Gasteiger partial charge in [-0.1, -0.05) is 11.6 Å². The van der Waals surface area contributed by atoms with Gasteiger partial charge in [-0.15, -0.1) is 0 Å². The fourth-order valence-electron chi connectivity index (χ4n) is 1.54. The van der Waals surface area contributed by atoms with E-state index in [-0.39, 0.29) is 22.3 Å². The zero-order valence-electron chi connectivity index (χ0n) is 8.59. The number of nitro benzene ring substituents is 1. The normalized spacial score (nSPS) is 14.9. The number of nitrogens with one attached hydrogen (secondary N) is 1. The Bertz CT molecular complexity index is 461. The Labute approximate surface area is 96.6 Å². The Hall–Kier alpha value is -1.36. The van der Waals surface area contributed by atoms with Crippen LogP contribution in [-0.4, -0.2) is 11.0 Å². The quantitative estimate of drug-likeness (QED) is 0.656. The SMILES string of the molecule is Cc1c(F)c(Cl)cc(NC2CC2)c1[N+](=O)[O-]. The molecule has 0 spiro atoms. The summed E-state index contributed by atoms with van der Waals surface area (Å²) in [5.41, 5.74) is 0.0471. The van der Waals surface area contributed by atoms with E-state index in [2.05, 4.69) is 5.32 Å². The smallest absolute Gasteiger partial charge is 0.298 e. The molecule has 0 unspecified atom stereocenters. The Kier molecular flexibility index (Phi) is 2.71. The molecule has 1 saturated carbocycles. The first-order valence-electron chi connectivity index (χ1n) is 4.90. The average molecular weight is 245 g/mol. The zero-order valence-corrected chi connectivity index (χ0v) is 9.34. The number of rotatable bonds is 3. The van der Waals surface area contributed by atoms with Crippen molar-refractivity contribution in [1.82, 2.24) is 0 Å². The Morgan fingerprint density at radius 1 is 1.62 bits per heavy atom. The maximum absolute atomic E-state index is 13.4. The molecular weight excluding hydrogens is 235 g/mol. The van der Waals surface area contributed by atoms with E-state index in [1.54, 1.807) is 0 Å². The predicted octanol–water partition coefficient (Wildman–Crippen LogP) is 3.27. The van der Waals surface area contributed by atoms with Gasteiger partial charge in [0.25, 0.3) is 5.69 Å². The van der Waals surface area contributed by atoms with Crippen molar-refractivity contribution in [3.63, 3.8) is 0 Å². The molecule has 2 rings (SSSR count). The molecule has 4 nitrogen and oxygen atoms in total. The standard InChI is InChI=1S/C10H10ClFN2O2/c1-5-9(12)7(11)4-8(10(5)14(15)16)13-6-2-3-6/h4,6,13H,2-3H2,1H3. The summed E-state index contributed by atoms with van der Waals surface area (Å²) in [4.78, 5) is 10.3. The maximum Gasteiger partial charge on any atom is 0.298 e. The second-order valence-corrected chi connectivity index (χ2v) is 4.28. The monoisotopic (exact) mass is 244 g/mol. The fraction of sp³-hybridized carbons (Fsp3) is 0.400. The van der Waals surface area contributed by atoms with Gasteiger partial charge in [-0.2, -0.15) is 0 Å². The third-order valence-corrected chi connectivity index (χ3v) is 2.81. The van der Waals surface area contributed by atoms with Gasteiger partial charge >= 0.3 is 0 Å². The fourth-order valence-corrected chi connectivity index (χ4v) is 1.79. The van der Waals surface area contributed by atoms with E-state index < -0.39 is 10.7 Å². The van der Waals surface area contributed by atoms with E-state index in [1.807, 2.05) is 0 Å². The van der Waals surface area contributed by atoms with Crippen LogP contribution in [0, 0.1) is 22.9 Å². The van der Waals surface area contributed by atoms with Crippen LogP contribution in [0.25, 0.3) is 0 Å². The lowest BCUT2D eigenvalue weighted by atomic mass is 10.1. The summed E-state index contributed by atoms with van der Waals surface area (Å²) in [7, 11) is 0. The largest absolute Gasteiger partial charge is 0.377 e. The molecule has 6 heteroatoms. The first-order valence-corrected chi connectivity index (χ1v) is 5.28. The van der Waals surface area contributed by atoms with Crippen molar-refractivity contribution in [2.45, 2.75) is 25.8 Å². The van der Waals surface area contributed by atoms with E-state index in [0.29, 0.717) is 5.69 Å². The van der Waals surface area contributed by atoms with E-state index in [0.717, 1.165) is 12.8 Å². The number of nitro groups is 1. The molecule has 0 atom stereocenters. The van der Waals surface area contributed by atoms with Crippen molar-refractivity contribution in [2.75, 3.05) is 5.32 Å². The molecule has 86 valence electrons. The topological polar surface area (TPSA) is 55.2 Å². The second-order valence-electron chi connectivity index (χ2n) is 3.87. The van der Waals surface area contributed by atoms with Crippen molar-refractivity contribution in [3.05, 3.63) is 32.6 Å². The molecule has 1 aromatic rings. The summed E-state index contributed by atoms with van der Waals surface area (Å²) in [5, 5.41) is 13.8. The molecule has 0 heterocycles.